The van der Waals surface area contributed by atoms with Crippen LogP contribution >= 0.6 is 15.9 Å². The molecular formula is C22H26BrN5O2. The molecule has 0 unspecified atom stereocenters. The average molecular weight is 472 g/mol. The zero-order valence-electron chi connectivity index (χ0n) is 17.1. The molecular weight excluding hydrogens is 446 g/mol. The van der Waals surface area contributed by atoms with Crippen molar-refractivity contribution in [2.45, 2.75) is 13.5 Å². The summed E-state index contributed by atoms with van der Waals surface area (Å²) in [6.45, 7) is 7.08. The van der Waals surface area contributed by atoms with Crippen molar-refractivity contribution in [2.24, 2.45) is 0 Å². The number of halogens is 1. The molecule has 1 N–H and O–H groups in total. The van der Waals surface area contributed by atoms with E-state index in [1.165, 1.54) is 0 Å². The van der Waals surface area contributed by atoms with E-state index in [-0.39, 0.29) is 5.91 Å². The summed E-state index contributed by atoms with van der Waals surface area (Å²) in [5.41, 5.74) is 3.81. The van der Waals surface area contributed by atoms with E-state index in [0.717, 1.165) is 60.0 Å². The fourth-order valence-corrected chi connectivity index (χ4v) is 3.94. The maximum atomic E-state index is 12.6. The van der Waals surface area contributed by atoms with Crippen LogP contribution in [0.3, 0.4) is 0 Å². The molecule has 30 heavy (non-hydrogen) atoms. The number of hydrogen-bond donors (Lipinski definition) is 1. The van der Waals surface area contributed by atoms with E-state index >= 15 is 0 Å². The topological polar surface area (TPSA) is 62.1 Å². The van der Waals surface area contributed by atoms with Crippen LogP contribution in [0.4, 0.5) is 11.4 Å². The summed E-state index contributed by atoms with van der Waals surface area (Å²) in [6, 6.07) is 12.0. The summed E-state index contributed by atoms with van der Waals surface area (Å²) in [5, 5.41) is 3.00. The Morgan fingerprint density at radius 1 is 1.17 bits per heavy atom. The molecule has 8 heteroatoms. The summed E-state index contributed by atoms with van der Waals surface area (Å²) < 4.78 is 8.39. The van der Waals surface area contributed by atoms with Crippen molar-refractivity contribution in [1.29, 1.82) is 0 Å². The molecule has 2 aromatic heterocycles. The van der Waals surface area contributed by atoms with Gasteiger partial charge in [0.2, 0.25) is 5.91 Å². The van der Waals surface area contributed by atoms with Gasteiger partial charge in [0.25, 0.3) is 0 Å². The lowest BCUT2D eigenvalue weighted by Crippen LogP contribution is -2.36. The number of nitrogens with zero attached hydrogens (tertiary/aromatic N) is 4. The quantitative estimate of drug-likeness (QED) is 0.572. The van der Waals surface area contributed by atoms with Crippen LogP contribution in [0.5, 0.6) is 0 Å². The molecule has 0 atom stereocenters. The Hall–Kier alpha value is -2.42. The predicted octanol–water partition coefficient (Wildman–Crippen LogP) is 3.39. The van der Waals surface area contributed by atoms with Gasteiger partial charge in [-0.15, -0.1) is 0 Å². The number of anilines is 2. The third-order valence-corrected chi connectivity index (χ3v) is 5.66. The van der Waals surface area contributed by atoms with Crippen molar-refractivity contribution in [3.05, 3.63) is 59.0 Å². The van der Waals surface area contributed by atoms with Crippen molar-refractivity contribution >= 4 is 38.9 Å². The fraction of sp³-hybridized carbons (Fsp3) is 0.364. The number of benzene rings is 1. The first kappa shape index (κ1) is 20.8. The number of carbonyl (C=O) groups excluding carboxylic acids is 1. The minimum absolute atomic E-state index is 0.0255. The number of aromatic nitrogens is 2. The van der Waals surface area contributed by atoms with Crippen molar-refractivity contribution < 1.29 is 9.53 Å². The van der Waals surface area contributed by atoms with Gasteiger partial charge in [-0.25, -0.2) is 4.98 Å². The monoisotopic (exact) mass is 471 g/mol. The summed E-state index contributed by atoms with van der Waals surface area (Å²) in [7, 11) is 0. The Bertz CT molecular complexity index is 998. The standard InChI is InChI=1S/C22H26BrN5O2/c1-2-26(14-19-15-28-13-17(23)3-8-21(28)24-19)16-22(29)25-18-4-6-20(7-5-18)27-9-11-30-12-10-27/h3-8,13,15H,2,9-12,14,16H2,1H3,(H,25,29). The Morgan fingerprint density at radius 3 is 2.67 bits per heavy atom. The zero-order valence-corrected chi connectivity index (χ0v) is 18.6. The molecule has 3 aromatic rings. The molecule has 1 aliphatic rings. The minimum atomic E-state index is -0.0255. The Balaban J connectivity index is 1.33. The van der Waals surface area contributed by atoms with Gasteiger partial charge in [-0.05, 0) is 58.9 Å². The minimum Gasteiger partial charge on any atom is -0.378 e. The van der Waals surface area contributed by atoms with Crippen LogP contribution in [0, 0.1) is 0 Å². The largest absolute Gasteiger partial charge is 0.378 e. The number of morpholine rings is 1. The van der Waals surface area contributed by atoms with Gasteiger partial charge in [0.1, 0.15) is 5.65 Å². The summed E-state index contributed by atoms with van der Waals surface area (Å²) in [5.74, 6) is -0.0255. The van der Waals surface area contributed by atoms with Gasteiger partial charge in [0.15, 0.2) is 0 Å². The second-order valence-corrected chi connectivity index (χ2v) is 8.26. The lowest BCUT2D eigenvalue weighted by molar-refractivity contribution is -0.117. The molecule has 0 saturated carbocycles. The van der Waals surface area contributed by atoms with Gasteiger partial charge >= 0.3 is 0 Å². The van der Waals surface area contributed by atoms with Gasteiger partial charge in [-0.1, -0.05) is 6.92 Å². The first-order chi connectivity index (χ1) is 14.6. The van der Waals surface area contributed by atoms with E-state index in [1.807, 2.05) is 53.2 Å². The highest BCUT2D eigenvalue weighted by atomic mass is 79.9. The van der Waals surface area contributed by atoms with Crippen molar-refractivity contribution in [2.75, 3.05) is 49.6 Å². The van der Waals surface area contributed by atoms with E-state index < -0.39 is 0 Å². The van der Waals surface area contributed by atoms with Crippen LogP contribution in [0.15, 0.2) is 53.3 Å². The summed E-state index contributed by atoms with van der Waals surface area (Å²) >= 11 is 3.48. The number of nitrogens with one attached hydrogen (secondary N) is 1. The molecule has 0 spiro atoms. The van der Waals surface area contributed by atoms with Crippen molar-refractivity contribution in [1.82, 2.24) is 14.3 Å². The molecule has 1 amide bonds. The smallest absolute Gasteiger partial charge is 0.238 e. The first-order valence-corrected chi connectivity index (χ1v) is 11.0. The molecule has 1 saturated heterocycles. The number of pyridine rings is 1. The van der Waals surface area contributed by atoms with E-state index in [0.29, 0.717) is 13.1 Å². The zero-order chi connectivity index (χ0) is 20.9. The lowest BCUT2D eigenvalue weighted by atomic mass is 10.2. The van der Waals surface area contributed by atoms with E-state index in [1.54, 1.807) is 0 Å². The molecule has 4 rings (SSSR count). The van der Waals surface area contributed by atoms with Gasteiger partial charge in [-0.2, -0.15) is 0 Å². The normalized spacial score (nSPS) is 14.4. The SMILES string of the molecule is CCN(CC(=O)Nc1ccc(N2CCOCC2)cc1)Cc1cn2cc(Br)ccc2n1. The molecule has 0 aliphatic carbocycles. The van der Waals surface area contributed by atoms with Crippen LogP contribution in [-0.4, -0.2) is 59.6 Å². The predicted molar refractivity (Wildman–Crippen MR) is 122 cm³/mol. The number of amides is 1. The molecule has 0 radical (unpaired) electrons. The Kier molecular flexibility index (Phi) is 6.66. The molecule has 158 valence electrons. The number of hydrogen-bond acceptors (Lipinski definition) is 5. The molecule has 7 nitrogen and oxygen atoms in total. The number of fused-ring (bicyclic) bond motifs is 1. The number of carbonyl (C=O) groups is 1. The maximum absolute atomic E-state index is 12.6. The highest BCUT2D eigenvalue weighted by molar-refractivity contribution is 9.10. The van der Waals surface area contributed by atoms with Crippen molar-refractivity contribution in [3.8, 4) is 0 Å². The van der Waals surface area contributed by atoms with E-state index in [9.17, 15) is 4.79 Å². The molecule has 3 heterocycles. The van der Waals surface area contributed by atoms with Crippen LogP contribution in [0.1, 0.15) is 12.6 Å². The van der Waals surface area contributed by atoms with Crippen LogP contribution in [0.25, 0.3) is 5.65 Å². The summed E-state index contributed by atoms with van der Waals surface area (Å²) in [4.78, 5) is 21.6. The molecule has 1 aromatic carbocycles. The molecule has 1 aliphatic heterocycles. The average Bonchev–Trinajstić information content (AvgIpc) is 3.15. The highest BCUT2D eigenvalue weighted by Gasteiger charge is 2.14. The molecule has 1 fully saturated rings. The van der Waals surface area contributed by atoms with Crippen LogP contribution < -0.4 is 10.2 Å². The van der Waals surface area contributed by atoms with E-state index in [2.05, 4.69) is 43.0 Å². The van der Waals surface area contributed by atoms with Gasteiger partial charge < -0.3 is 19.4 Å². The van der Waals surface area contributed by atoms with E-state index in [4.69, 9.17) is 4.74 Å². The Labute approximate surface area is 184 Å². The van der Waals surface area contributed by atoms with Crippen molar-refractivity contribution in [3.63, 3.8) is 0 Å². The number of rotatable bonds is 7. The first-order valence-electron chi connectivity index (χ1n) is 10.2. The van der Waals surface area contributed by atoms with Crippen LogP contribution in [-0.2, 0) is 16.1 Å². The fourth-order valence-electron chi connectivity index (χ4n) is 3.58. The Morgan fingerprint density at radius 2 is 1.93 bits per heavy atom. The summed E-state index contributed by atoms with van der Waals surface area (Å²) in [6.07, 6.45) is 3.99. The van der Waals surface area contributed by atoms with Gasteiger partial charge in [-0.3, -0.25) is 9.69 Å². The third kappa shape index (κ3) is 5.19. The number of imidazole rings is 1. The van der Waals surface area contributed by atoms with Crippen LogP contribution in [0.2, 0.25) is 0 Å². The number of ether oxygens (including phenoxy) is 1. The third-order valence-electron chi connectivity index (χ3n) is 5.19. The second kappa shape index (κ2) is 9.59. The number of likely N-dealkylation sites (N-methyl/N-ethyl adjacent to an activating group) is 1. The second-order valence-electron chi connectivity index (χ2n) is 7.34. The lowest BCUT2D eigenvalue weighted by Gasteiger charge is -2.29. The van der Waals surface area contributed by atoms with Gasteiger partial charge in [0, 0.05) is 47.9 Å². The van der Waals surface area contributed by atoms with Gasteiger partial charge in [0.05, 0.1) is 25.5 Å². The maximum Gasteiger partial charge on any atom is 0.238 e. The molecule has 0 bridgehead atoms. The highest BCUT2D eigenvalue weighted by Crippen LogP contribution is 2.19.